The molecule has 0 aliphatic carbocycles. The summed E-state index contributed by atoms with van der Waals surface area (Å²) < 4.78 is 2.57. The van der Waals surface area contributed by atoms with E-state index in [1.165, 1.54) is 27.7 Å². The van der Waals surface area contributed by atoms with Gasteiger partial charge >= 0.3 is 0 Å². The Balaban J connectivity index is 1.74. The van der Waals surface area contributed by atoms with Gasteiger partial charge < -0.3 is 4.57 Å². The van der Waals surface area contributed by atoms with E-state index in [1.807, 2.05) is 12.1 Å². The molecule has 1 aliphatic heterocycles. The van der Waals surface area contributed by atoms with Crippen molar-refractivity contribution in [2.45, 2.75) is 52.7 Å². The number of hydrogen-bond acceptors (Lipinski definition) is 1. The van der Waals surface area contributed by atoms with Crippen molar-refractivity contribution in [2.24, 2.45) is 0 Å². The summed E-state index contributed by atoms with van der Waals surface area (Å²) in [6.45, 7) is 10.0. The number of halogens is 1. The standard InChI is InChI=1S/C23H27ClN2/c1-4-25-15-21-20-13-16(2)5-10-22(20)26(23(21)14-17(25)3)12-11-18-6-8-19(24)9-7-18/h5-10,13,17H,4,11-12,14-15H2,1-3H3. The van der Waals surface area contributed by atoms with Gasteiger partial charge in [0.1, 0.15) is 0 Å². The number of hydrogen-bond donors (Lipinski definition) is 0. The highest BCUT2D eigenvalue weighted by molar-refractivity contribution is 6.30. The van der Waals surface area contributed by atoms with Gasteiger partial charge in [-0.3, -0.25) is 4.90 Å². The molecule has 1 aromatic heterocycles. The molecule has 0 spiro atoms. The van der Waals surface area contributed by atoms with E-state index in [9.17, 15) is 0 Å². The number of fused-ring (bicyclic) bond motifs is 3. The summed E-state index contributed by atoms with van der Waals surface area (Å²) in [5, 5.41) is 2.25. The fourth-order valence-electron chi connectivity index (χ4n) is 4.34. The molecule has 0 saturated heterocycles. The lowest BCUT2D eigenvalue weighted by Crippen LogP contribution is -2.38. The Morgan fingerprint density at radius 1 is 1.12 bits per heavy atom. The molecule has 0 amide bonds. The summed E-state index contributed by atoms with van der Waals surface area (Å²) in [7, 11) is 0. The number of benzene rings is 2. The molecule has 3 aromatic rings. The van der Waals surface area contributed by atoms with Crippen LogP contribution in [0.4, 0.5) is 0 Å². The highest BCUT2D eigenvalue weighted by atomic mass is 35.5. The van der Waals surface area contributed by atoms with E-state index in [4.69, 9.17) is 11.6 Å². The minimum atomic E-state index is 0.604. The van der Waals surface area contributed by atoms with Crippen molar-refractivity contribution in [3.8, 4) is 0 Å². The van der Waals surface area contributed by atoms with Crippen molar-refractivity contribution in [3.05, 3.63) is 69.9 Å². The molecule has 4 rings (SSSR count). The first-order valence-electron chi connectivity index (χ1n) is 9.66. The fourth-order valence-corrected chi connectivity index (χ4v) is 4.47. The zero-order chi connectivity index (χ0) is 18.3. The summed E-state index contributed by atoms with van der Waals surface area (Å²) in [6, 6.07) is 15.8. The maximum absolute atomic E-state index is 6.03. The molecule has 1 unspecified atom stereocenters. The Kier molecular flexibility index (Phi) is 4.81. The van der Waals surface area contributed by atoms with Crippen LogP contribution in [0.1, 0.15) is 36.2 Å². The lowest BCUT2D eigenvalue weighted by molar-refractivity contribution is 0.192. The lowest BCUT2D eigenvalue weighted by atomic mass is 9.98. The molecule has 1 aliphatic rings. The van der Waals surface area contributed by atoms with Crippen molar-refractivity contribution in [2.75, 3.05) is 6.54 Å². The largest absolute Gasteiger partial charge is 0.344 e. The summed E-state index contributed by atoms with van der Waals surface area (Å²) in [5.41, 5.74) is 7.16. The predicted octanol–water partition coefficient (Wildman–Crippen LogP) is 5.61. The molecule has 26 heavy (non-hydrogen) atoms. The minimum Gasteiger partial charge on any atom is -0.344 e. The van der Waals surface area contributed by atoms with Crippen molar-refractivity contribution in [1.29, 1.82) is 0 Å². The first kappa shape index (κ1) is 17.6. The summed E-state index contributed by atoms with van der Waals surface area (Å²) >= 11 is 6.03. The number of likely N-dealkylation sites (N-methyl/N-ethyl adjacent to an activating group) is 1. The van der Waals surface area contributed by atoms with Crippen molar-refractivity contribution >= 4 is 22.5 Å². The van der Waals surface area contributed by atoms with E-state index in [-0.39, 0.29) is 0 Å². The molecule has 2 heterocycles. The molecule has 2 nitrogen and oxygen atoms in total. The minimum absolute atomic E-state index is 0.604. The Bertz CT molecular complexity index is 924. The Labute approximate surface area is 161 Å². The smallest absolute Gasteiger partial charge is 0.0486 e. The SMILES string of the molecule is CCN1Cc2c(n(CCc3ccc(Cl)cc3)c3ccc(C)cc23)CC1C. The van der Waals surface area contributed by atoms with Gasteiger partial charge in [-0.15, -0.1) is 0 Å². The van der Waals surface area contributed by atoms with Crippen LogP contribution in [0.15, 0.2) is 42.5 Å². The van der Waals surface area contributed by atoms with E-state index < -0.39 is 0 Å². The number of aromatic nitrogens is 1. The van der Waals surface area contributed by atoms with Crippen LogP contribution in [0.25, 0.3) is 10.9 Å². The maximum Gasteiger partial charge on any atom is 0.0486 e. The van der Waals surface area contributed by atoms with Gasteiger partial charge in [-0.1, -0.05) is 42.3 Å². The van der Waals surface area contributed by atoms with Crippen LogP contribution in [0.3, 0.4) is 0 Å². The summed E-state index contributed by atoms with van der Waals surface area (Å²) in [6.07, 6.45) is 2.17. The molecule has 0 fully saturated rings. The summed E-state index contributed by atoms with van der Waals surface area (Å²) in [5.74, 6) is 0. The van der Waals surface area contributed by atoms with Gasteiger partial charge in [-0.2, -0.15) is 0 Å². The third kappa shape index (κ3) is 3.17. The van der Waals surface area contributed by atoms with E-state index in [2.05, 4.69) is 60.6 Å². The van der Waals surface area contributed by atoms with Crippen molar-refractivity contribution in [3.63, 3.8) is 0 Å². The molecule has 0 saturated carbocycles. The molecule has 0 bridgehead atoms. The zero-order valence-electron chi connectivity index (χ0n) is 15.9. The van der Waals surface area contributed by atoms with Gasteiger partial charge in [0.2, 0.25) is 0 Å². The molecule has 136 valence electrons. The molecule has 0 radical (unpaired) electrons. The topological polar surface area (TPSA) is 8.17 Å². The second-order valence-electron chi connectivity index (χ2n) is 7.59. The second kappa shape index (κ2) is 7.09. The van der Waals surface area contributed by atoms with E-state index in [1.54, 1.807) is 5.56 Å². The normalized spacial score (nSPS) is 17.6. The van der Waals surface area contributed by atoms with Crippen LogP contribution in [-0.2, 0) is 25.9 Å². The number of aryl methyl sites for hydroxylation is 3. The Hall–Kier alpha value is -1.77. The van der Waals surface area contributed by atoms with E-state index in [0.717, 1.165) is 37.5 Å². The first-order valence-corrected chi connectivity index (χ1v) is 10.0. The molecule has 3 heteroatoms. The van der Waals surface area contributed by atoms with Gasteiger partial charge in [0.25, 0.3) is 0 Å². The number of nitrogens with zero attached hydrogens (tertiary/aromatic N) is 2. The first-order chi connectivity index (χ1) is 12.6. The molecule has 1 atom stereocenters. The van der Waals surface area contributed by atoms with Crippen LogP contribution in [0, 0.1) is 6.92 Å². The molecular formula is C23H27ClN2. The van der Waals surface area contributed by atoms with Crippen molar-refractivity contribution in [1.82, 2.24) is 9.47 Å². The van der Waals surface area contributed by atoms with Crippen LogP contribution in [0.2, 0.25) is 5.02 Å². The van der Waals surface area contributed by atoms with Crippen LogP contribution < -0.4 is 0 Å². The molecule has 2 aromatic carbocycles. The van der Waals surface area contributed by atoms with Crippen LogP contribution in [0.5, 0.6) is 0 Å². The van der Waals surface area contributed by atoms with Crippen LogP contribution in [-0.4, -0.2) is 22.1 Å². The zero-order valence-corrected chi connectivity index (χ0v) is 16.7. The lowest BCUT2D eigenvalue weighted by Gasteiger charge is -2.33. The third-order valence-corrected chi connectivity index (χ3v) is 6.11. The highest BCUT2D eigenvalue weighted by Gasteiger charge is 2.27. The molecule has 0 N–H and O–H groups in total. The third-order valence-electron chi connectivity index (χ3n) is 5.86. The summed E-state index contributed by atoms with van der Waals surface area (Å²) in [4.78, 5) is 2.59. The predicted molar refractivity (Wildman–Crippen MR) is 111 cm³/mol. The second-order valence-corrected chi connectivity index (χ2v) is 8.03. The van der Waals surface area contributed by atoms with Gasteiger partial charge in [0, 0.05) is 47.2 Å². The maximum atomic E-state index is 6.03. The van der Waals surface area contributed by atoms with Gasteiger partial charge in [-0.25, -0.2) is 0 Å². The Morgan fingerprint density at radius 2 is 1.88 bits per heavy atom. The Morgan fingerprint density at radius 3 is 2.62 bits per heavy atom. The van der Waals surface area contributed by atoms with E-state index >= 15 is 0 Å². The van der Waals surface area contributed by atoms with E-state index in [0.29, 0.717) is 6.04 Å². The van der Waals surface area contributed by atoms with Crippen molar-refractivity contribution < 1.29 is 0 Å². The van der Waals surface area contributed by atoms with Gasteiger partial charge in [0.05, 0.1) is 0 Å². The average Bonchev–Trinajstić information content (AvgIpc) is 2.92. The number of rotatable bonds is 4. The highest BCUT2D eigenvalue weighted by Crippen LogP contribution is 2.33. The monoisotopic (exact) mass is 366 g/mol. The van der Waals surface area contributed by atoms with Gasteiger partial charge in [0.15, 0.2) is 0 Å². The quantitative estimate of drug-likeness (QED) is 0.582. The molecular weight excluding hydrogens is 340 g/mol. The van der Waals surface area contributed by atoms with Gasteiger partial charge in [-0.05, 0) is 62.2 Å². The average molecular weight is 367 g/mol. The van der Waals surface area contributed by atoms with Crippen LogP contribution >= 0.6 is 11.6 Å². The fraction of sp³-hybridized carbons (Fsp3) is 0.391.